The van der Waals surface area contributed by atoms with Gasteiger partial charge in [-0.25, -0.2) is 4.39 Å². The van der Waals surface area contributed by atoms with Gasteiger partial charge < -0.3 is 15.2 Å². The van der Waals surface area contributed by atoms with E-state index in [1.54, 1.807) is 7.11 Å². The first-order valence-electron chi connectivity index (χ1n) is 5.90. The van der Waals surface area contributed by atoms with E-state index in [0.717, 1.165) is 24.8 Å². The summed E-state index contributed by atoms with van der Waals surface area (Å²) in [6.07, 6.45) is 3.06. The first kappa shape index (κ1) is 13.6. The number of hydrogen-bond donors (Lipinski definition) is 1. The lowest BCUT2D eigenvalue weighted by molar-refractivity contribution is 0.241. The predicted molar refractivity (Wildman–Crippen MR) is 71.8 cm³/mol. The summed E-state index contributed by atoms with van der Waals surface area (Å²) in [4.78, 5) is 0. The molecular weight excluding hydrogens is 301 g/mol. The van der Waals surface area contributed by atoms with E-state index in [1.165, 1.54) is 13.2 Å². The Morgan fingerprint density at radius 1 is 1.33 bits per heavy atom. The molecule has 1 aliphatic carbocycles. The minimum absolute atomic E-state index is 0.152. The minimum atomic E-state index is -0.389. The molecule has 0 atom stereocenters. The second-order valence-corrected chi connectivity index (χ2v) is 5.42. The van der Waals surface area contributed by atoms with Crippen molar-refractivity contribution in [1.82, 2.24) is 0 Å². The molecule has 0 bridgehead atoms. The van der Waals surface area contributed by atoms with Crippen LogP contribution in [0.2, 0.25) is 0 Å². The van der Waals surface area contributed by atoms with Crippen LogP contribution < -0.4 is 15.2 Å². The zero-order chi connectivity index (χ0) is 13.3. The number of hydrogen-bond acceptors (Lipinski definition) is 3. The molecule has 0 aliphatic heterocycles. The highest BCUT2D eigenvalue weighted by Gasteiger charge is 2.41. The molecule has 3 nitrogen and oxygen atoms in total. The Morgan fingerprint density at radius 3 is 2.33 bits per heavy atom. The summed E-state index contributed by atoms with van der Waals surface area (Å²) >= 11 is 3.35. The SMILES string of the molecule is COc1c(F)cc(C2(CN)CCC2)c(OC)c1Br. The largest absolute Gasteiger partial charge is 0.495 e. The van der Waals surface area contributed by atoms with Gasteiger partial charge in [0.1, 0.15) is 10.2 Å². The van der Waals surface area contributed by atoms with E-state index in [9.17, 15) is 4.39 Å². The first-order valence-corrected chi connectivity index (χ1v) is 6.69. The molecule has 1 aromatic rings. The maximum absolute atomic E-state index is 14.0. The molecule has 0 heterocycles. The highest BCUT2D eigenvalue weighted by atomic mass is 79.9. The van der Waals surface area contributed by atoms with E-state index < -0.39 is 0 Å². The molecule has 0 unspecified atom stereocenters. The fraction of sp³-hybridized carbons (Fsp3) is 0.538. The molecule has 1 fully saturated rings. The van der Waals surface area contributed by atoms with Crippen LogP contribution in [-0.4, -0.2) is 20.8 Å². The van der Waals surface area contributed by atoms with Gasteiger partial charge in [-0.1, -0.05) is 6.42 Å². The van der Waals surface area contributed by atoms with Crippen molar-refractivity contribution in [3.8, 4) is 11.5 Å². The van der Waals surface area contributed by atoms with Crippen molar-refractivity contribution in [2.75, 3.05) is 20.8 Å². The van der Waals surface area contributed by atoms with Crippen LogP contribution in [0.15, 0.2) is 10.5 Å². The molecule has 2 N–H and O–H groups in total. The van der Waals surface area contributed by atoms with Gasteiger partial charge >= 0.3 is 0 Å². The second kappa shape index (κ2) is 5.05. The Bertz CT molecular complexity index is 455. The molecule has 0 radical (unpaired) electrons. The molecule has 1 saturated carbocycles. The Hall–Kier alpha value is -0.810. The van der Waals surface area contributed by atoms with Gasteiger partial charge in [0.15, 0.2) is 11.6 Å². The van der Waals surface area contributed by atoms with E-state index in [1.807, 2.05) is 0 Å². The maximum atomic E-state index is 14.0. The molecule has 0 spiro atoms. The maximum Gasteiger partial charge on any atom is 0.172 e. The van der Waals surface area contributed by atoms with Crippen molar-refractivity contribution < 1.29 is 13.9 Å². The number of ether oxygens (including phenoxy) is 2. The van der Waals surface area contributed by atoms with Crippen molar-refractivity contribution in [3.05, 3.63) is 21.9 Å². The summed E-state index contributed by atoms with van der Waals surface area (Å²) in [5, 5.41) is 0. The van der Waals surface area contributed by atoms with Gasteiger partial charge in [0.2, 0.25) is 0 Å². The molecular formula is C13H17BrFNO2. The molecule has 18 heavy (non-hydrogen) atoms. The Kier molecular flexibility index (Phi) is 3.82. The lowest BCUT2D eigenvalue weighted by Gasteiger charge is -2.42. The molecule has 0 saturated heterocycles. The second-order valence-electron chi connectivity index (χ2n) is 4.62. The van der Waals surface area contributed by atoms with Crippen LogP contribution in [0, 0.1) is 5.82 Å². The average Bonchev–Trinajstić information content (AvgIpc) is 2.29. The lowest BCUT2D eigenvalue weighted by Crippen LogP contribution is -2.42. The topological polar surface area (TPSA) is 44.5 Å². The standard InChI is InChI=1S/C13H17BrFNO2/c1-17-11-8(13(7-16)4-3-5-13)6-9(15)12(18-2)10(11)14/h6H,3-5,7,16H2,1-2H3. The Labute approximate surface area is 115 Å². The van der Waals surface area contributed by atoms with Crippen molar-refractivity contribution in [2.45, 2.75) is 24.7 Å². The van der Waals surface area contributed by atoms with Crippen molar-refractivity contribution in [1.29, 1.82) is 0 Å². The third kappa shape index (κ3) is 1.89. The Balaban J connectivity index is 2.60. The first-order chi connectivity index (χ1) is 8.59. The van der Waals surface area contributed by atoms with Gasteiger partial charge in [0, 0.05) is 17.5 Å². The van der Waals surface area contributed by atoms with Crippen LogP contribution in [0.1, 0.15) is 24.8 Å². The number of benzene rings is 1. The van der Waals surface area contributed by atoms with Crippen LogP contribution in [0.5, 0.6) is 11.5 Å². The molecule has 100 valence electrons. The smallest absolute Gasteiger partial charge is 0.172 e. The summed E-state index contributed by atoms with van der Waals surface area (Å²) in [6.45, 7) is 0.502. The summed E-state index contributed by atoms with van der Waals surface area (Å²) in [6, 6.07) is 1.49. The Morgan fingerprint density at radius 2 is 1.94 bits per heavy atom. The number of halogens is 2. The predicted octanol–water partition coefficient (Wildman–Crippen LogP) is 2.99. The third-order valence-electron chi connectivity index (χ3n) is 3.81. The molecule has 0 aromatic heterocycles. The highest BCUT2D eigenvalue weighted by Crippen LogP contribution is 2.50. The van der Waals surface area contributed by atoms with E-state index in [4.69, 9.17) is 15.2 Å². The highest BCUT2D eigenvalue weighted by molar-refractivity contribution is 9.10. The van der Waals surface area contributed by atoms with Crippen LogP contribution in [0.3, 0.4) is 0 Å². The van der Waals surface area contributed by atoms with Crippen molar-refractivity contribution in [3.63, 3.8) is 0 Å². The zero-order valence-corrected chi connectivity index (χ0v) is 12.1. The fourth-order valence-corrected chi connectivity index (χ4v) is 3.28. The zero-order valence-electron chi connectivity index (χ0n) is 10.6. The van der Waals surface area contributed by atoms with Gasteiger partial charge in [-0.05, 0) is 34.8 Å². The number of nitrogens with two attached hydrogens (primary N) is 1. The third-order valence-corrected chi connectivity index (χ3v) is 4.53. The normalized spacial score (nSPS) is 17.2. The fourth-order valence-electron chi connectivity index (χ4n) is 2.55. The van der Waals surface area contributed by atoms with Gasteiger partial charge in [0.25, 0.3) is 0 Å². The minimum Gasteiger partial charge on any atom is -0.495 e. The van der Waals surface area contributed by atoms with Crippen LogP contribution in [-0.2, 0) is 5.41 Å². The van der Waals surface area contributed by atoms with Crippen LogP contribution in [0.25, 0.3) is 0 Å². The van der Waals surface area contributed by atoms with Gasteiger partial charge in [-0.3, -0.25) is 0 Å². The van der Waals surface area contributed by atoms with Crippen molar-refractivity contribution in [2.24, 2.45) is 5.73 Å². The van der Waals surface area contributed by atoms with E-state index in [-0.39, 0.29) is 17.0 Å². The summed E-state index contributed by atoms with van der Waals surface area (Å²) in [5.41, 5.74) is 6.56. The number of methoxy groups -OCH3 is 2. The van der Waals surface area contributed by atoms with Gasteiger partial charge in [-0.2, -0.15) is 0 Å². The quantitative estimate of drug-likeness (QED) is 0.928. The molecule has 0 amide bonds. The van der Waals surface area contributed by atoms with E-state index >= 15 is 0 Å². The van der Waals surface area contributed by atoms with E-state index in [2.05, 4.69) is 15.9 Å². The molecule has 1 aliphatic rings. The van der Waals surface area contributed by atoms with Crippen molar-refractivity contribution >= 4 is 15.9 Å². The van der Waals surface area contributed by atoms with Gasteiger partial charge in [0.05, 0.1) is 14.2 Å². The molecule has 5 heteroatoms. The van der Waals surface area contributed by atoms with E-state index in [0.29, 0.717) is 16.8 Å². The average molecular weight is 318 g/mol. The van der Waals surface area contributed by atoms with Gasteiger partial charge in [-0.15, -0.1) is 0 Å². The lowest BCUT2D eigenvalue weighted by atomic mass is 9.64. The molecule has 2 rings (SSSR count). The summed E-state index contributed by atoms with van der Waals surface area (Å²) in [5.74, 6) is 0.403. The summed E-state index contributed by atoms with van der Waals surface area (Å²) in [7, 11) is 3.01. The monoisotopic (exact) mass is 317 g/mol. The van der Waals surface area contributed by atoms with Crippen LogP contribution >= 0.6 is 15.9 Å². The summed E-state index contributed by atoms with van der Waals surface area (Å²) < 4.78 is 25.0. The molecule has 1 aromatic carbocycles. The number of rotatable bonds is 4. The van der Waals surface area contributed by atoms with Crippen LogP contribution in [0.4, 0.5) is 4.39 Å².